The van der Waals surface area contributed by atoms with Gasteiger partial charge in [-0.1, -0.05) is 164 Å². The molecule has 0 fully saturated rings. The zero-order chi connectivity index (χ0) is 46.7. The Balaban J connectivity index is 1.04. The minimum Gasteiger partial charge on any atom is -0.309 e. The maximum absolute atomic E-state index is 9.27. The Morgan fingerprint density at radius 1 is 0.381 bits per heavy atom. The maximum atomic E-state index is 9.27. The third kappa shape index (κ3) is 5.83. The summed E-state index contributed by atoms with van der Waals surface area (Å²) < 4.78 is 60.1. The fourth-order valence-electron chi connectivity index (χ4n) is 8.96. The molecule has 13 rings (SSSR count). The number of benzene rings is 9. The monoisotopic (exact) mass is 844 g/mol. The molecular formula is C57H34N4S2. The Labute approximate surface area is 379 Å². The average molecular weight is 845 g/mol. The van der Waals surface area contributed by atoms with Crippen LogP contribution in [0.3, 0.4) is 0 Å². The molecule has 9 aromatic carbocycles. The Bertz CT molecular complexity index is 4150. The van der Waals surface area contributed by atoms with Crippen molar-refractivity contribution in [2.45, 2.75) is 0 Å². The van der Waals surface area contributed by atoms with Gasteiger partial charge in [-0.25, -0.2) is 15.0 Å². The van der Waals surface area contributed by atoms with E-state index < -0.39 is 0 Å². The molecule has 0 unspecified atom stereocenters. The van der Waals surface area contributed by atoms with Gasteiger partial charge in [-0.15, -0.1) is 22.7 Å². The number of hydrogen-bond donors (Lipinski definition) is 0. The molecule has 4 aromatic heterocycles. The van der Waals surface area contributed by atoms with Gasteiger partial charge in [0.15, 0.2) is 17.5 Å². The van der Waals surface area contributed by atoms with E-state index in [1.54, 1.807) is 22.7 Å². The van der Waals surface area contributed by atoms with Gasteiger partial charge in [0.1, 0.15) is 0 Å². The lowest BCUT2D eigenvalue weighted by molar-refractivity contribution is 1.08. The fourth-order valence-corrected chi connectivity index (χ4v) is 11.4. The van der Waals surface area contributed by atoms with Crippen molar-refractivity contribution in [3.63, 3.8) is 0 Å². The summed E-state index contributed by atoms with van der Waals surface area (Å²) in [4.78, 5) is 15.1. The van der Waals surface area contributed by atoms with Gasteiger partial charge in [0, 0.05) is 78.9 Å². The Morgan fingerprint density at radius 3 is 1.73 bits per heavy atom. The van der Waals surface area contributed by atoms with Gasteiger partial charge in [0.25, 0.3) is 0 Å². The highest BCUT2D eigenvalue weighted by Gasteiger charge is 2.21. The third-order valence-electron chi connectivity index (χ3n) is 11.8. The first kappa shape index (κ1) is 30.3. The SMILES string of the molecule is [2H]c1cc([2H])c2c(c1[2H])c1c([2H])c([2H])cc([2H])c1n2-c1ccc(-c2ccc3c(c2)sc2cccc(-c4nc(-c5ccccc5)nc(-c5ccccc5)n4)c23)cc1-c1cccc2c1sc1ccccc12. The molecule has 6 heteroatoms. The molecule has 63 heavy (non-hydrogen) atoms. The van der Waals surface area contributed by atoms with Crippen LogP contribution in [0, 0.1) is 0 Å². The van der Waals surface area contributed by atoms with E-state index in [9.17, 15) is 2.74 Å². The Hall–Kier alpha value is -7.77. The van der Waals surface area contributed by atoms with Gasteiger partial charge in [-0.2, -0.15) is 0 Å². The number of nitrogens with zero attached hydrogens (tertiary/aromatic N) is 4. The van der Waals surface area contributed by atoms with Crippen molar-refractivity contribution in [1.29, 1.82) is 0 Å². The normalized spacial score (nSPS) is 13.1. The molecule has 0 radical (unpaired) electrons. The number of para-hydroxylation sites is 2. The van der Waals surface area contributed by atoms with Crippen molar-refractivity contribution in [2.24, 2.45) is 0 Å². The zero-order valence-electron chi connectivity index (χ0n) is 39.3. The zero-order valence-corrected chi connectivity index (χ0v) is 34.9. The van der Waals surface area contributed by atoms with E-state index in [0.29, 0.717) is 34.2 Å². The molecule has 294 valence electrons. The van der Waals surface area contributed by atoms with Crippen molar-refractivity contribution >= 4 is 84.8 Å². The van der Waals surface area contributed by atoms with Crippen LogP contribution in [0.15, 0.2) is 206 Å². The van der Waals surface area contributed by atoms with Crippen LogP contribution in [0.1, 0.15) is 8.22 Å². The average Bonchev–Trinajstić information content (AvgIpc) is 4.08. The first-order chi connectivity index (χ1) is 33.7. The summed E-state index contributed by atoms with van der Waals surface area (Å²) in [6.07, 6.45) is 0. The smallest absolute Gasteiger partial charge is 0.164 e. The summed E-state index contributed by atoms with van der Waals surface area (Å²) in [6.45, 7) is 0. The van der Waals surface area contributed by atoms with Gasteiger partial charge in [-0.3, -0.25) is 0 Å². The summed E-state index contributed by atoms with van der Waals surface area (Å²) in [5.74, 6) is 1.80. The molecule has 0 amide bonds. The second-order valence-electron chi connectivity index (χ2n) is 15.4. The third-order valence-corrected chi connectivity index (χ3v) is 14.2. The number of thiophene rings is 2. The van der Waals surface area contributed by atoms with Crippen LogP contribution in [-0.2, 0) is 0 Å². The molecule has 0 saturated carbocycles. The van der Waals surface area contributed by atoms with Crippen LogP contribution in [0.2, 0.25) is 0 Å². The molecule has 0 aliphatic rings. The topological polar surface area (TPSA) is 43.6 Å². The lowest BCUT2D eigenvalue weighted by Gasteiger charge is -2.17. The van der Waals surface area contributed by atoms with Crippen molar-refractivity contribution in [1.82, 2.24) is 19.5 Å². The lowest BCUT2D eigenvalue weighted by atomic mass is 9.95. The van der Waals surface area contributed by atoms with Crippen molar-refractivity contribution in [3.8, 4) is 62.1 Å². The second-order valence-corrected chi connectivity index (χ2v) is 17.6. The summed E-state index contributed by atoms with van der Waals surface area (Å²) >= 11 is 3.43. The van der Waals surface area contributed by atoms with E-state index >= 15 is 0 Å². The van der Waals surface area contributed by atoms with Crippen molar-refractivity contribution < 1.29 is 8.22 Å². The van der Waals surface area contributed by atoms with E-state index in [4.69, 9.17) is 20.4 Å². The van der Waals surface area contributed by atoms with Gasteiger partial charge in [-0.05, 0) is 53.5 Å². The molecule has 0 saturated heterocycles. The minimum absolute atomic E-state index is 0.00181. The highest BCUT2D eigenvalue weighted by molar-refractivity contribution is 7.26. The van der Waals surface area contributed by atoms with Gasteiger partial charge >= 0.3 is 0 Å². The summed E-state index contributed by atoms with van der Waals surface area (Å²) in [5.41, 5.74) is 7.78. The summed E-state index contributed by atoms with van der Waals surface area (Å²) in [7, 11) is 0. The second kappa shape index (κ2) is 14.4. The van der Waals surface area contributed by atoms with E-state index in [1.165, 1.54) is 12.1 Å². The quantitative estimate of drug-likeness (QED) is 0.167. The van der Waals surface area contributed by atoms with Crippen LogP contribution >= 0.6 is 22.7 Å². The highest BCUT2D eigenvalue weighted by Crippen LogP contribution is 2.46. The highest BCUT2D eigenvalue weighted by atomic mass is 32.1. The molecule has 0 spiro atoms. The molecule has 0 bridgehead atoms. The van der Waals surface area contributed by atoms with E-state index in [0.717, 1.165) is 79.3 Å². The molecule has 13 aromatic rings. The number of fused-ring (bicyclic) bond motifs is 9. The van der Waals surface area contributed by atoms with Crippen molar-refractivity contribution in [3.05, 3.63) is 206 Å². The predicted molar refractivity (Wildman–Crippen MR) is 267 cm³/mol. The maximum Gasteiger partial charge on any atom is 0.164 e. The number of hydrogen-bond acceptors (Lipinski definition) is 5. The largest absolute Gasteiger partial charge is 0.309 e. The van der Waals surface area contributed by atoms with Crippen LogP contribution in [-0.4, -0.2) is 19.5 Å². The molecule has 0 N–H and O–H groups in total. The number of rotatable bonds is 6. The first-order valence-corrected chi connectivity index (χ1v) is 22.2. The van der Waals surface area contributed by atoms with E-state index in [1.807, 2.05) is 77.4 Å². The Morgan fingerprint density at radius 2 is 0.984 bits per heavy atom. The first-order valence-electron chi connectivity index (χ1n) is 23.6. The molecule has 0 aliphatic carbocycles. The van der Waals surface area contributed by atoms with E-state index in [2.05, 4.69) is 84.9 Å². The van der Waals surface area contributed by atoms with Gasteiger partial charge < -0.3 is 4.57 Å². The summed E-state index contributed by atoms with van der Waals surface area (Å²) in [5, 5.41) is 4.87. The van der Waals surface area contributed by atoms with Crippen LogP contribution in [0.4, 0.5) is 0 Å². The van der Waals surface area contributed by atoms with E-state index in [-0.39, 0.29) is 47.0 Å². The van der Waals surface area contributed by atoms with Crippen molar-refractivity contribution in [2.75, 3.05) is 0 Å². The van der Waals surface area contributed by atoms with Crippen LogP contribution < -0.4 is 0 Å². The number of aromatic nitrogens is 4. The predicted octanol–water partition coefficient (Wildman–Crippen LogP) is 16.0. The molecule has 4 heterocycles. The fraction of sp³-hybridized carbons (Fsp3) is 0. The molecule has 0 aliphatic heterocycles. The van der Waals surface area contributed by atoms with Crippen LogP contribution in [0.5, 0.6) is 0 Å². The molecular weight excluding hydrogens is 805 g/mol. The Kier molecular flexibility index (Phi) is 6.93. The standard InChI is InChI=1S/C57H34N4S2/c1-3-15-35(16-4-1)55-58-56(36-17-5-2-6-18-36)60-57(59-55)45-24-14-28-51-53(45)44-31-29-38(34-52(44)62-51)37-30-32-49(61-47-25-10-7-19-39(47)40-20-8-11-26-48(40)61)46(33-37)43-23-13-22-42-41-21-9-12-27-50(41)63-54(42)43/h1-34H/i7D,8D,19D,20D,25D,26D. The minimum atomic E-state index is -0.149. The van der Waals surface area contributed by atoms with Gasteiger partial charge in [0.2, 0.25) is 0 Å². The lowest BCUT2D eigenvalue weighted by Crippen LogP contribution is -2.00. The molecule has 4 nitrogen and oxygen atoms in total. The van der Waals surface area contributed by atoms with Crippen LogP contribution in [0.25, 0.3) is 124 Å². The van der Waals surface area contributed by atoms with Gasteiger partial charge in [0.05, 0.1) is 24.9 Å². The molecule has 0 atom stereocenters. The summed E-state index contributed by atoms with van der Waals surface area (Å²) in [6, 6.07) is 55.9.